The maximum atomic E-state index is 12.0. The van der Waals surface area contributed by atoms with Gasteiger partial charge < -0.3 is 4.90 Å². The number of carbonyl (C=O) groups excluding carboxylic acids is 1. The molecule has 4 heterocycles. The molecule has 0 unspecified atom stereocenters. The van der Waals surface area contributed by atoms with Gasteiger partial charge >= 0.3 is 0 Å². The van der Waals surface area contributed by atoms with E-state index >= 15 is 0 Å². The van der Waals surface area contributed by atoms with Gasteiger partial charge in [-0.1, -0.05) is 30.3 Å². The third-order valence-corrected chi connectivity index (χ3v) is 8.89. The number of hydrogen-bond acceptors (Lipinski definition) is 4. The Bertz CT molecular complexity index is 1650. The van der Waals surface area contributed by atoms with Crippen LogP contribution in [-0.4, -0.2) is 50.1 Å². The lowest BCUT2D eigenvalue weighted by Gasteiger charge is -2.58. The minimum absolute atomic E-state index is 0.0206. The molecule has 0 bridgehead atoms. The second-order valence-corrected chi connectivity index (χ2v) is 11.2. The summed E-state index contributed by atoms with van der Waals surface area (Å²) in [4.78, 5) is 18.3. The van der Waals surface area contributed by atoms with Crippen LogP contribution < -0.4 is 0 Å². The average molecular weight is 511 g/mol. The Morgan fingerprint density at radius 3 is 2.81 bits per heavy atom. The predicted molar refractivity (Wildman–Crippen MR) is 146 cm³/mol. The van der Waals surface area contributed by atoms with Crippen molar-refractivity contribution in [2.24, 2.45) is 10.4 Å². The SMILES string of the molecule is C=CC(=O)N1CC2(CC(n3nc(-c4ccc5c(c4)C=NC5)c(-c4c(Cl)c(C)cc5[nH]ncc45)c3C)C2)C1. The van der Waals surface area contributed by atoms with E-state index in [4.69, 9.17) is 16.7 Å². The molecule has 1 saturated carbocycles. The van der Waals surface area contributed by atoms with Crippen LogP contribution >= 0.6 is 11.6 Å². The van der Waals surface area contributed by atoms with Crippen molar-refractivity contribution in [3.63, 3.8) is 0 Å². The van der Waals surface area contributed by atoms with Crippen molar-refractivity contribution in [1.82, 2.24) is 24.9 Å². The summed E-state index contributed by atoms with van der Waals surface area (Å²) in [6.07, 6.45) is 7.22. The van der Waals surface area contributed by atoms with Crippen LogP contribution in [0.2, 0.25) is 5.02 Å². The monoisotopic (exact) mass is 510 g/mol. The molecule has 7 nitrogen and oxygen atoms in total. The molecular weight excluding hydrogens is 484 g/mol. The summed E-state index contributed by atoms with van der Waals surface area (Å²) in [6, 6.07) is 8.81. The van der Waals surface area contributed by atoms with Crippen LogP contribution in [0.4, 0.5) is 0 Å². The van der Waals surface area contributed by atoms with Gasteiger partial charge in [0, 0.05) is 52.5 Å². The maximum absolute atomic E-state index is 12.0. The van der Waals surface area contributed by atoms with Gasteiger partial charge in [-0.2, -0.15) is 10.2 Å². The number of aromatic amines is 1. The lowest BCUT2D eigenvalue weighted by Crippen LogP contribution is -2.63. The van der Waals surface area contributed by atoms with Crippen molar-refractivity contribution in [1.29, 1.82) is 0 Å². The number of amides is 1. The summed E-state index contributed by atoms with van der Waals surface area (Å²) in [5.74, 6) is 0.0206. The van der Waals surface area contributed by atoms with Gasteiger partial charge in [-0.25, -0.2) is 0 Å². The van der Waals surface area contributed by atoms with E-state index in [1.54, 1.807) is 0 Å². The molecule has 4 aromatic rings. The summed E-state index contributed by atoms with van der Waals surface area (Å²) in [6.45, 7) is 10.1. The van der Waals surface area contributed by atoms with E-state index < -0.39 is 0 Å². The summed E-state index contributed by atoms with van der Waals surface area (Å²) in [5, 5.41) is 14.4. The van der Waals surface area contributed by atoms with Crippen molar-refractivity contribution in [2.45, 2.75) is 39.3 Å². The fourth-order valence-electron chi connectivity index (χ4n) is 6.49. The fourth-order valence-corrected chi connectivity index (χ4v) is 6.74. The second-order valence-electron chi connectivity index (χ2n) is 10.8. The highest BCUT2D eigenvalue weighted by molar-refractivity contribution is 6.36. The number of aromatic nitrogens is 4. The van der Waals surface area contributed by atoms with Crippen LogP contribution in [0.15, 0.2) is 48.1 Å². The zero-order valence-corrected chi connectivity index (χ0v) is 21.6. The van der Waals surface area contributed by atoms with Gasteiger partial charge in [0.1, 0.15) is 5.69 Å². The lowest BCUT2D eigenvalue weighted by atomic mass is 9.60. The van der Waals surface area contributed by atoms with Crippen molar-refractivity contribution in [3.8, 4) is 22.4 Å². The molecule has 2 aromatic carbocycles. The molecule has 1 aliphatic carbocycles. The van der Waals surface area contributed by atoms with Crippen molar-refractivity contribution in [3.05, 3.63) is 70.5 Å². The highest BCUT2D eigenvalue weighted by Gasteiger charge is 2.54. The Morgan fingerprint density at radius 2 is 2.03 bits per heavy atom. The summed E-state index contributed by atoms with van der Waals surface area (Å²) in [7, 11) is 0. The van der Waals surface area contributed by atoms with E-state index in [1.165, 1.54) is 11.6 Å². The highest BCUT2D eigenvalue weighted by Crippen LogP contribution is 2.55. The molecule has 1 saturated heterocycles. The van der Waals surface area contributed by atoms with Crippen molar-refractivity contribution < 1.29 is 4.79 Å². The van der Waals surface area contributed by atoms with Crippen LogP contribution in [0, 0.1) is 19.3 Å². The molecule has 186 valence electrons. The molecule has 1 spiro atoms. The van der Waals surface area contributed by atoms with E-state index in [0.717, 1.165) is 87.6 Å². The van der Waals surface area contributed by atoms with E-state index in [2.05, 4.69) is 51.6 Å². The van der Waals surface area contributed by atoms with E-state index in [9.17, 15) is 4.79 Å². The number of carbonyl (C=O) groups is 1. The zero-order valence-electron chi connectivity index (χ0n) is 20.9. The minimum atomic E-state index is 0.0206. The second kappa shape index (κ2) is 7.89. The Balaban J connectivity index is 1.35. The first kappa shape index (κ1) is 22.5. The molecule has 1 N–H and O–H groups in total. The molecule has 1 amide bonds. The first-order valence-corrected chi connectivity index (χ1v) is 13.0. The highest BCUT2D eigenvalue weighted by atomic mass is 35.5. The average Bonchev–Trinajstić information content (AvgIpc) is 3.57. The topological polar surface area (TPSA) is 79.2 Å². The number of fused-ring (bicyclic) bond motifs is 2. The number of hydrogen-bond donors (Lipinski definition) is 1. The van der Waals surface area contributed by atoms with Gasteiger partial charge in [0.05, 0.1) is 29.3 Å². The summed E-state index contributed by atoms with van der Waals surface area (Å²) in [5.41, 5.74) is 9.62. The van der Waals surface area contributed by atoms with Crippen LogP contribution in [0.25, 0.3) is 33.3 Å². The standard InChI is InChI=1S/C29H27ClN6O/c1-4-24(37)35-14-29(15-35)9-21(10-29)36-17(3)25(26-22-13-32-33-23(22)7-16(2)27(26)30)28(34-36)18-5-6-19-11-31-12-20(19)8-18/h4-8,12-13,21H,1,9-11,14-15H2,2-3H3,(H,32,33). The Labute approximate surface area is 219 Å². The molecule has 8 heteroatoms. The number of nitrogens with one attached hydrogen (secondary N) is 1. The molecule has 7 rings (SSSR count). The number of nitrogens with zero attached hydrogens (tertiary/aromatic N) is 5. The Morgan fingerprint density at radius 1 is 1.22 bits per heavy atom. The predicted octanol–water partition coefficient (Wildman–Crippen LogP) is 5.65. The molecule has 3 aliphatic rings. The number of aryl methyl sites for hydroxylation is 1. The number of halogens is 1. The third-order valence-electron chi connectivity index (χ3n) is 8.40. The van der Waals surface area contributed by atoms with E-state index in [-0.39, 0.29) is 17.4 Å². The van der Waals surface area contributed by atoms with Crippen LogP contribution in [0.1, 0.15) is 41.3 Å². The zero-order chi connectivity index (χ0) is 25.5. The fraction of sp³-hybridized carbons (Fsp3) is 0.310. The number of rotatable bonds is 4. The molecule has 2 aromatic heterocycles. The van der Waals surface area contributed by atoms with E-state index in [1.807, 2.05) is 30.3 Å². The molecular formula is C29H27ClN6O. The normalized spacial score (nSPS) is 17.8. The van der Waals surface area contributed by atoms with Crippen molar-refractivity contribution in [2.75, 3.05) is 13.1 Å². The first-order valence-electron chi connectivity index (χ1n) is 12.6. The quantitative estimate of drug-likeness (QED) is 0.360. The molecule has 0 radical (unpaired) electrons. The van der Waals surface area contributed by atoms with Crippen molar-refractivity contribution >= 4 is 34.6 Å². The minimum Gasteiger partial charge on any atom is -0.338 e. The molecule has 2 aliphatic heterocycles. The molecule has 2 fully saturated rings. The van der Waals surface area contributed by atoms with Gasteiger partial charge in [0.25, 0.3) is 0 Å². The van der Waals surface area contributed by atoms with Crippen LogP contribution in [-0.2, 0) is 11.3 Å². The number of benzene rings is 2. The molecule has 0 atom stereocenters. The van der Waals surface area contributed by atoms with Gasteiger partial charge in [-0.05, 0) is 61.6 Å². The van der Waals surface area contributed by atoms with Gasteiger partial charge in [0.15, 0.2) is 0 Å². The van der Waals surface area contributed by atoms with Crippen LogP contribution in [0.3, 0.4) is 0 Å². The Hall–Kier alpha value is -3.71. The van der Waals surface area contributed by atoms with Crippen LogP contribution in [0.5, 0.6) is 0 Å². The summed E-state index contributed by atoms with van der Waals surface area (Å²) < 4.78 is 2.19. The number of likely N-dealkylation sites (tertiary alicyclic amines) is 1. The number of H-pyrrole nitrogens is 1. The third kappa shape index (κ3) is 3.26. The number of aliphatic imine (C=N–C) groups is 1. The molecule has 37 heavy (non-hydrogen) atoms. The smallest absolute Gasteiger partial charge is 0.245 e. The van der Waals surface area contributed by atoms with Gasteiger partial charge in [0.2, 0.25) is 5.91 Å². The maximum Gasteiger partial charge on any atom is 0.245 e. The first-order chi connectivity index (χ1) is 17.9. The Kier molecular flexibility index (Phi) is 4.80. The van der Waals surface area contributed by atoms with E-state index in [0.29, 0.717) is 0 Å². The lowest BCUT2D eigenvalue weighted by molar-refractivity contribution is -0.149. The summed E-state index contributed by atoms with van der Waals surface area (Å²) >= 11 is 7.02. The van der Waals surface area contributed by atoms with Gasteiger partial charge in [-0.15, -0.1) is 0 Å². The largest absolute Gasteiger partial charge is 0.338 e. The van der Waals surface area contributed by atoms with Gasteiger partial charge in [-0.3, -0.25) is 19.6 Å².